The topological polar surface area (TPSA) is 66.4 Å². The Labute approximate surface area is 102 Å². The Morgan fingerprint density at radius 1 is 1.35 bits per heavy atom. The summed E-state index contributed by atoms with van der Waals surface area (Å²) in [5, 5.41) is 12.1. The van der Waals surface area contributed by atoms with Crippen molar-refractivity contribution in [1.82, 2.24) is 0 Å². The van der Waals surface area contributed by atoms with Crippen LogP contribution in [0, 0.1) is 13.8 Å². The lowest BCUT2D eigenvalue weighted by atomic mass is 10.1. The SMILES string of the molecule is Cc1cc2c(cc1C)S(=O)(=O)CC(CCO)N2. The van der Waals surface area contributed by atoms with Gasteiger partial charge in [-0.05, 0) is 43.5 Å². The summed E-state index contributed by atoms with van der Waals surface area (Å²) in [6.07, 6.45) is 0.450. The van der Waals surface area contributed by atoms with E-state index in [4.69, 9.17) is 5.11 Å². The van der Waals surface area contributed by atoms with Crippen molar-refractivity contribution in [3.8, 4) is 0 Å². The van der Waals surface area contributed by atoms with Gasteiger partial charge in [-0.25, -0.2) is 8.42 Å². The van der Waals surface area contributed by atoms with Crippen molar-refractivity contribution < 1.29 is 13.5 Å². The van der Waals surface area contributed by atoms with Crippen molar-refractivity contribution in [3.05, 3.63) is 23.3 Å². The first-order valence-electron chi connectivity index (χ1n) is 5.65. The molecule has 1 aliphatic rings. The van der Waals surface area contributed by atoms with Gasteiger partial charge in [-0.1, -0.05) is 0 Å². The number of hydrogen-bond acceptors (Lipinski definition) is 4. The average Bonchev–Trinajstić information content (AvgIpc) is 2.21. The number of fused-ring (bicyclic) bond motifs is 1. The predicted molar refractivity (Wildman–Crippen MR) is 67.1 cm³/mol. The molecule has 1 aromatic rings. The highest BCUT2D eigenvalue weighted by atomic mass is 32.2. The monoisotopic (exact) mass is 255 g/mol. The molecule has 4 nitrogen and oxygen atoms in total. The summed E-state index contributed by atoms with van der Waals surface area (Å²) in [6, 6.07) is 3.40. The summed E-state index contributed by atoms with van der Waals surface area (Å²) in [4.78, 5) is 0.384. The van der Waals surface area contributed by atoms with E-state index >= 15 is 0 Å². The zero-order valence-electron chi connectivity index (χ0n) is 10.0. The summed E-state index contributed by atoms with van der Waals surface area (Å²) >= 11 is 0. The number of aliphatic hydroxyl groups is 1. The zero-order chi connectivity index (χ0) is 12.6. The lowest BCUT2D eigenvalue weighted by Gasteiger charge is -2.27. The van der Waals surface area contributed by atoms with E-state index < -0.39 is 9.84 Å². The molecule has 0 spiro atoms. The lowest BCUT2D eigenvalue weighted by Crippen LogP contribution is -2.35. The lowest BCUT2D eigenvalue weighted by molar-refractivity contribution is 0.282. The van der Waals surface area contributed by atoms with Gasteiger partial charge in [0.15, 0.2) is 9.84 Å². The molecule has 0 amide bonds. The molecule has 1 heterocycles. The normalized spacial score (nSPS) is 21.7. The summed E-state index contributed by atoms with van der Waals surface area (Å²) in [6.45, 7) is 3.86. The Hall–Kier alpha value is -1.07. The molecule has 0 saturated heterocycles. The van der Waals surface area contributed by atoms with Crippen LogP contribution in [0.2, 0.25) is 0 Å². The van der Waals surface area contributed by atoms with Gasteiger partial charge < -0.3 is 10.4 Å². The number of anilines is 1. The van der Waals surface area contributed by atoms with Gasteiger partial charge in [0, 0.05) is 12.6 Å². The number of benzene rings is 1. The van der Waals surface area contributed by atoms with Gasteiger partial charge >= 0.3 is 0 Å². The highest BCUT2D eigenvalue weighted by Gasteiger charge is 2.29. The smallest absolute Gasteiger partial charge is 0.182 e. The minimum Gasteiger partial charge on any atom is -0.396 e. The molecule has 0 aromatic heterocycles. The number of hydrogen-bond donors (Lipinski definition) is 2. The molecule has 17 heavy (non-hydrogen) atoms. The molecule has 5 heteroatoms. The van der Waals surface area contributed by atoms with E-state index in [1.807, 2.05) is 19.9 Å². The number of nitrogens with one attached hydrogen (secondary N) is 1. The molecule has 0 aliphatic carbocycles. The van der Waals surface area contributed by atoms with Gasteiger partial charge in [-0.3, -0.25) is 0 Å². The zero-order valence-corrected chi connectivity index (χ0v) is 10.8. The Bertz CT molecular complexity index is 537. The number of sulfone groups is 1. The molecule has 2 N–H and O–H groups in total. The van der Waals surface area contributed by atoms with Gasteiger partial charge in [0.2, 0.25) is 0 Å². The second-order valence-corrected chi connectivity index (χ2v) is 6.57. The molecule has 1 aromatic carbocycles. The molecule has 2 rings (SSSR count). The highest BCUT2D eigenvalue weighted by Crippen LogP contribution is 2.31. The third kappa shape index (κ3) is 2.30. The molecule has 1 atom stereocenters. The Morgan fingerprint density at radius 3 is 2.65 bits per heavy atom. The van der Waals surface area contributed by atoms with E-state index in [1.165, 1.54) is 0 Å². The molecular weight excluding hydrogens is 238 g/mol. The maximum absolute atomic E-state index is 12.1. The average molecular weight is 255 g/mol. The van der Waals surface area contributed by atoms with Crippen LogP contribution in [0.5, 0.6) is 0 Å². The van der Waals surface area contributed by atoms with Crippen LogP contribution in [-0.2, 0) is 9.84 Å². The second kappa shape index (κ2) is 4.31. The maximum atomic E-state index is 12.1. The molecule has 0 bridgehead atoms. The fourth-order valence-electron chi connectivity index (χ4n) is 2.09. The van der Waals surface area contributed by atoms with Crippen molar-refractivity contribution >= 4 is 15.5 Å². The van der Waals surface area contributed by atoms with E-state index in [9.17, 15) is 8.42 Å². The Kier molecular flexibility index (Phi) is 3.14. The highest BCUT2D eigenvalue weighted by molar-refractivity contribution is 7.91. The fourth-order valence-corrected chi connectivity index (χ4v) is 3.86. The van der Waals surface area contributed by atoms with E-state index in [-0.39, 0.29) is 18.4 Å². The molecule has 94 valence electrons. The van der Waals surface area contributed by atoms with Crippen molar-refractivity contribution in [3.63, 3.8) is 0 Å². The molecular formula is C12H17NO3S. The summed E-state index contributed by atoms with van der Waals surface area (Å²) in [5.74, 6) is 0.0586. The van der Waals surface area contributed by atoms with E-state index in [0.717, 1.165) is 11.1 Å². The first kappa shape index (κ1) is 12.4. The number of rotatable bonds is 2. The Morgan fingerprint density at radius 2 is 2.00 bits per heavy atom. The maximum Gasteiger partial charge on any atom is 0.182 e. The van der Waals surface area contributed by atoms with E-state index in [0.29, 0.717) is 17.0 Å². The molecule has 0 radical (unpaired) electrons. The van der Waals surface area contributed by atoms with E-state index in [1.54, 1.807) is 6.07 Å². The predicted octanol–water partition coefficient (Wildman–Crippen LogP) is 1.25. The van der Waals surface area contributed by atoms with Crippen molar-refractivity contribution in [2.45, 2.75) is 31.2 Å². The van der Waals surface area contributed by atoms with Crippen molar-refractivity contribution in [1.29, 1.82) is 0 Å². The molecule has 0 fully saturated rings. The minimum absolute atomic E-state index is 0.00658. The summed E-state index contributed by atoms with van der Waals surface area (Å²) in [5.41, 5.74) is 2.71. The van der Waals surface area contributed by atoms with Gasteiger partial charge in [-0.15, -0.1) is 0 Å². The van der Waals surface area contributed by atoms with Crippen LogP contribution in [-0.4, -0.2) is 31.9 Å². The van der Waals surface area contributed by atoms with Gasteiger partial charge in [0.1, 0.15) is 0 Å². The minimum atomic E-state index is -3.23. The second-order valence-electron chi connectivity index (χ2n) is 4.57. The first-order valence-corrected chi connectivity index (χ1v) is 7.30. The van der Waals surface area contributed by atoms with Crippen LogP contribution in [0.4, 0.5) is 5.69 Å². The van der Waals surface area contributed by atoms with Gasteiger partial charge in [0.25, 0.3) is 0 Å². The first-order chi connectivity index (χ1) is 7.94. The Balaban J connectivity index is 2.49. The van der Waals surface area contributed by atoms with Crippen LogP contribution in [0.3, 0.4) is 0 Å². The third-order valence-electron chi connectivity index (χ3n) is 3.19. The number of aryl methyl sites for hydroxylation is 2. The van der Waals surface area contributed by atoms with Crippen LogP contribution >= 0.6 is 0 Å². The van der Waals surface area contributed by atoms with Crippen LogP contribution in [0.25, 0.3) is 0 Å². The van der Waals surface area contributed by atoms with Crippen molar-refractivity contribution in [2.24, 2.45) is 0 Å². The van der Waals surface area contributed by atoms with Crippen molar-refractivity contribution in [2.75, 3.05) is 17.7 Å². The molecule has 1 aliphatic heterocycles. The van der Waals surface area contributed by atoms with E-state index in [2.05, 4.69) is 5.32 Å². The fraction of sp³-hybridized carbons (Fsp3) is 0.500. The molecule has 1 unspecified atom stereocenters. The van der Waals surface area contributed by atoms with Gasteiger partial charge in [-0.2, -0.15) is 0 Å². The number of aliphatic hydroxyl groups excluding tert-OH is 1. The van der Waals surface area contributed by atoms with Gasteiger partial charge in [0.05, 0.1) is 16.3 Å². The van der Waals surface area contributed by atoms with Crippen LogP contribution in [0.1, 0.15) is 17.5 Å². The van der Waals surface area contributed by atoms with Crippen LogP contribution in [0.15, 0.2) is 17.0 Å². The largest absolute Gasteiger partial charge is 0.396 e. The quantitative estimate of drug-likeness (QED) is 0.835. The third-order valence-corrected chi connectivity index (χ3v) is 5.04. The standard InChI is InChI=1S/C12H17NO3S/c1-8-5-11-12(6-9(8)2)17(15,16)7-10(13-11)3-4-14/h5-6,10,13-14H,3-4,7H2,1-2H3. The summed E-state index contributed by atoms with van der Waals surface area (Å²) < 4.78 is 24.2. The summed E-state index contributed by atoms with van der Waals surface area (Å²) in [7, 11) is -3.23. The molecule has 0 saturated carbocycles. The van der Waals surface area contributed by atoms with Crippen LogP contribution < -0.4 is 5.32 Å².